The van der Waals surface area contributed by atoms with Crippen LogP contribution in [0.5, 0.6) is 0 Å². The maximum Gasteiger partial charge on any atom is 0.225 e. The minimum atomic E-state index is -0.337. The number of amides is 2. The minimum absolute atomic E-state index is 0.0143. The van der Waals surface area contributed by atoms with Crippen LogP contribution >= 0.6 is 0 Å². The summed E-state index contributed by atoms with van der Waals surface area (Å²) in [7, 11) is 0. The standard InChI is InChI=1S/C19H19N5O2/c25-18-9-13(11-24(18)12-14-5-3-4-8-20-14)19(26)21-10-17-22-15-6-1-2-7-16(15)23-17/h1-8,13H,9-12H2,(H,21,26)(H,22,23). The van der Waals surface area contributed by atoms with E-state index in [-0.39, 0.29) is 24.2 Å². The van der Waals surface area contributed by atoms with Gasteiger partial charge < -0.3 is 15.2 Å². The summed E-state index contributed by atoms with van der Waals surface area (Å²) in [6.45, 7) is 1.17. The van der Waals surface area contributed by atoms with Crippen LogP contribution in [0.2, 0.25) is 0 Å². The molecule has 2 aromatic heterocycles. The van der Waals surface area contributed by atoms with E-state index in [4.69, 9.17) is 0 Å². The molecule has 0 radical (unpaired) electrons. The summed E-state index contributed by atoms with van der Waals surface area (Å²) in [4.78, 5) is 38.2. The van der Waals surface area contributed by atoms with Crippen LogP contribution in [0.1, 0.15) is 17.9 Å². The summed E-state index contributed by atoms with van der Waals surface area (Å²) < 4.78 is 0. The van der Waals surface area contributed by atoms with Gasteiger partial charge in [-0.2, -0.15) is 0 Å². The molecule has 1 atom stereocenters. The lowest BCUT2D eigenvalue weighted by molar-refractivity contribution is -0.129. The zero-order chi connectivity index (χ0) is 17.9. The van der Waals surface area contributed by atoms with Crippen LogP contribution in [-0.4, -0.2) is 38.2 Å². The summed E-state index contributed by atoms with van der Waals surface area (Å²) in [5.41, 5.74) is 2.63. The number of para-hydroxylation sites is 2. The first-order valence-corrected chi connectivity index (χ1v) is 8.58. The van der Waals surface area contributed by atoms with Crippen molar-refractivity contribution in [2.45, 2.75) is 19.5 Å². The average molecular weight is 349 g/mol. The Labute approximate surface area is 150 Å². The molecule has 1 fully saturated rings. The van der Waals surface area contributed by atoms with Crippen LogP contribution in [0.15, 0.2) is 48.7 Å². The van der Waals surface area contributed by atoms with Gasteiger partial charge in [0.1, 0.15) is 5.82 Å². The lowest BCUT2D eigenvalue weighted by Crippen LogP contribution is -2.32. The molecule has 3 aromatic rings. The van der Waals surface area contributed by atoms with Crippen molar-refractivity contribution in [2.24, 2.45) is 5.92 Å². The first-order chi connectivity index (χ1) is 12.7. The quantitative estimate of drug-likeness (QED) is 0.732. The Kier molecular flexibility index (Phi) is 4.35. The van der Waals surface area contributed by atoms with Gasteiger partial charge in [-0.3, -0.25) is 14.6 Å². The van der Waals surface area contributed by atoms with Gasteiger partial charge in [0.05, 0.1) is 35.7 Å². The van der Waals surface area contributed by atoms with Crippen molar-refractivity contribution in [3.8, 4) is 0 Å². The van der Waals surface area contributed by atoms with Gasteiger partial charge in [0, 0.05) is 19.2 Å². The smallest absolute Gasteiger partial charge is 0.225 e. The van der Waals surface area contributed by atoms with Crippen LogP contribution in [-0.2, 0) is 22.7 Å². The number of hydrogen-bond acceptors (Lipinski definition) is 4. The van der Waals surface area contributed by atoms with Gasteiger partial charge in [-0.1, -0.05) is 18.2 Å². The Hall–Kier alpha value is -3.22. The molecule has 0 aliphatic carbocycles. The van der Waals surface area contributed by atoms with Crippen LogP contribution in [0, 0.1) is 5.92 Å². The molecule has 1 aromatic carbocycles. The number of nitrogens with one attached hydrogen (secondary N) is 2. The average Bonchev–Trinajstić information content (AvgIpc) is 3.24. The van der Waals surface area contributed by atoms with E-state index >= 15 is 0 Å². The maximum atomic E-state index is 12.4. The van der Waals surface area contributed by atoms with E-state index < -0.39 is 0 Å². The molecule has 2 amide bonds. The SMILES string of the molecule is O=C(NCc1nc2ccccc2[nH]1)C1CC(=O)N(Cc2ccccn2)C1. The third-order valence-electron chi connectivity index (χ3n) is 4.53. The zero-order valence-corrected chi connectivity index (χ0v) is 14.2. The molecule has 1 aliphatic rings. The number of nitrogens with zero attached hydrogens (tertiary/aromatic N) is 3. The van der Waals surface area contributed by atoms with Crippen LogP contribution in [0.25, 0.3) is 11.0 Å². The fourth-order valence-electron chi connectivity index (χ4n) is 3.19. The molecule has 7 heteroatoms. The monoisotopic (exact) mass is 349 g/mol. The van der Waals surface area contributed by atoms with Crippen molar-refractivity contribution in [1.82, 2.24) is 25.2 Å². The minimum Gasteiger partial charge on any atom is -0.349 e. The van der Waals surface area contributed by atoms with E-state index in [0.29, 0.717) is 25.5 Å². The predicted octanol–water partition coefficient (Wildman–Crippen LogP) is 1.62. The largest absolute Gasteiger partial charge is 0.349 e. The molecule has 1 saturated heterocycles. The van der Waals surface area contributed by atoms with Gasteiger partial charge in [-0.15, -0.1) is 0 Å². The van der Waals surface area contributed by atoms with Gasteiger partial charge in [-0.05, 0) is 24.3 Å². The fraction of sp³-hybridized carbons (Fsp3) is 0.263. The number of benzene rings is 1. The van der Waals surface area contributed by atoms with E-state index in [9.17, 15) is 9.59 Å². The molecule has 26 heavy (non-hydrogen) atoms. The first kappa shape index (κ1) is 16.3. The van der Waals surface area contributed by atoms with E-state index in [2.05, 4.69) is 20.3 Å². The molecule has 2 N–H and O–H groups in total. The summed E-state index contributed by atoms with van der Waals surface area (Å²) >= 11 is 0. The molecule has 1 aliphatic heterocycles. The maximum absolute atomic E-state index is 12.4. The van der Waals surface area contributed by atoms with Gasteiger partial charge in [0.25, 0.3) is 0 Å². The highest BCUT2D eigenvalue weighted by Gasteiger charge is 2.34. The van der Waals surface area contributed by atoms with E-state index in [1.54, 1.807) is 11.1 Å². The molecule has 0 bridgehead atoms. The Morgan fingerprint density at radius 3 is 2.88 bits per heavy atom. The zero-order valence-electron chi connectivity index (χ0n) is 14.2. The number of aromatic amines is 1. The molecule has 4 rings (SSSR count). The summed E-state index contributed by atoms with van der Waals surface area (Å²) in [6.07, 6.45) is 1.94. The number of fused-ring (bicyclic) bond motifs is 1. The molecule has 3 heterocycles. The number of pyridine rings is 1. The van der Waals surface area contributed by atoms with Crippen molar-refractivity contribution in [2.75, 3.05) is 6.54 Å². The highest BCUT2D eigenvalue weighted by Crippen LogP contribution is 2.20. The highest BCUT2D eigenvalue weighted by molar-refractivity contribution is 5.89. The molecule has 7 nitrogen and oxygen atoms in total. The topological polar surface area (TPSA) is 91.0 Å². The van der Waals surface area contributed by atoms with Crippen molar-refractivity contribution < 1.29 is 9.59 Å². The molecular weight excluding hydrogens is 330 g/mol. The molecule has 0 spiro atoms. The number of rotatable bonds is 5. The third-order valence-corrected chi connectivity index (χ3v) is 4.53. The lowest BCUT2D eigenvalue weighted by atomic mass is 10.1. The van der Waals surface area contributed by atoms with Crippen molar-refractivity contribution >= 4 is 22.8 Å². The fourth-order valence-corrected chi connectivity index (χ4v) is 3.19. The van der Waals surface area contributed by atoms with Crippen molar-refractivity contribution in [3.63, 3.8) is 0 Å². The summed E-state index contributed by atoms with van der Waals surface area (Å²) in [5.74, 6) is 0.228. The third kappa shape index (κ3) is 3.42. The highest BCUT2D eigenvalue weighted by atomic mass is 16.2. The van der Waals surface area contributed by atoms with Crippen LogP contribution in [0.4, 0.5) is 0 Å². The number of likely N-dealkylation sites (tertiary alicyclic amines) is 1. The number of aromatic nitrogens is 3. The van der Waals surface area contributed by atoms with Gasteiger partial charge in [0.2, 0.25) is 11.8 Å². The molecule has 1 unspecified atom stereocenters. The second-order valence-electron chi connectivity index (χ2n) is 6.41. The van der Waals surface area contributed by atoms with Crippen LogP contribution < -0.4 is 5.32 Å². The normalized spacial score (nSPS) is 17.0. The van der Waals surface area contributed by atoms with Gasteiger partial charge >= 0.3 is 0 Å². The Morgan fingerprint density at radius 1 is 1.23 bits per heavy atom. The Morgan fingerprint density at radius 2 is 2.08 bits per heavy atom. The Balaban J connectivity index is 1.34. The summed E-state index contributed by atoms with van der Waals surface area (Å²) in [6, 6.07) is 13.3. The van der Waals surface area contributed by atoms with Crippen molar-refractivity contribution in [3.05, 3.63) is 60.2 Å². The van der Waals surface area contributed by atoms with Crippen LogP contribution in [0.3, 0.4) is 0 Å². The number of H-pyrrole nitrogens is 1. The number of carbonyl (C=O) groups is 2. The van der Waals surface area contributed by atoms with Crippen molar-refractivity contribution in [1.29, 1.82) is 0 Å². The number of hydrogen-bond donors (Lipinski definition) is 2. The van der Waals surface area contributed by atoms with E-state index in [1.165, 1.54) is 0 Å². The molecular formula is C19H19N5O2. The Bertz CT molecular complexity index is 904. The lowest BCUT2D eigenvalue weighted by Gasteiger charge is -2.15. The molecule has 0 saturated carbocycles. The first-order valence-electron chi connectivity index (χ1n) is 8.58. The molecule has 132 valence electrons. The van der Waals surface area contributed by atoms with E-state index in [1.807, 2.05) is 42.5 Å². The van der Waals surface area contributed by atoms with Gasteiger partial charge in [0.15, 0.2) is 0 Å². The number of imidazole rings is 1. The predicted molar refractivity (Wildman–Crippen MR) is 95.7 cm³/mol. The second kappa shape index (κ2) is 6.95. The summed E-state index contributed by atoms with van der Waals surface area (Å²) in [5, 5.41) is 2.88. The van der Waals surface area contributed by atoms with Gasteiger partial charge in [-0.25, -0.2) is 4.98 Å². The van der Waals surface area contributed by atoms with E-state index in [0.717, 1.165) is 16.7 Å². The number of carbonyl (C=O) groups excluding carboxylic acids is 2. The second-order valence-corrected chi connectivity index (χ2v) is 6.41.